The highest BCUT2D eigenvalue weighted by Crippen LogP contribution is 2.44. The van der Waals surface area contributed by atoms with E-state index in [2.05, 4.69) is 204 Å². The van der Waals surface area contributed by atoms with Crippen LogP contribution in [0.15, 0.2) is 211 Å². The van der Waals surface area contributed by atoms with Gasteiger partial charge in [-0.05, 0) is 99.8 Å². The van der Waals surface area contributed by atoms with Gasteiger partial charge in [-0.1, -0.05) is 140 Å². The summed E-state index contributed by atoms with van der Waals surface area (Å²) in [5, 5.41) is 7.10. The van der Waals surface area contributed by atoms with E-state index in [4.69, 9.17) is 4.42 Å². The highest BCUT2D eigenvalue weighted by Gasteiger charge is 2.22. The van der Waals surface area contributed by atoms with Crippen molar-refractivity contribution >= 4 is 71.6 Å². The smallest absolute Gasteiger partial charge is 0.136 e. The zero-order valence-electron chi connectivity index (χ0n) is 29.9. The molecule has 0 spiro atoms. The Morgan fingerprint density at radius 2 is 1.00 bits per heavy atom. The average Bonchev–Trinajstić information content (AvgIpc) is 3.80. The molecule has 3 heteroatoms. The van der Waals surface area contributed by atoms with Crippen molar-refractivity contribution in [2.75, 3.05) is 4.90 Å². The first kappa shape index (κ1) is 31.2. The van der Waals surface area contributed by atoms with E-state index < -0.39 is 0 Å². The summed E-state index contributed by atoms with van der Waals surface area (Å²) in [5.74, 6) is 0. The number of rotatable bonds is 6. The van der Waals surface area contributed by atoms with Crippen LogP contribution in [0.1, 0.15) is 0 Å². The van der Waals surface area contributed by atoms with Crippen LogP contribution >= 0.6 is 0 Å². The minimum Gasteiger partial charge on any atom is -0.456 e. The summed E-state index contributed by atoms with van der Waals surface area (Å²) >= 11 is 0. The predicted molar refractivity (Wildman–Crippen MR) is 231 cm³/mol. The topological polar surface area (TPSA) is 21.3 Å². The van der Waals surface area contributed by atoms with Gasteiger partial charge in [0, 0.05) is 38.6 Å². The van der Waals surface area contributed by atoms with Crippen LogP contribution in [-0.4, -0.2) is 4.57 Å². The lowest BCUT2D eigenvalue weighted by Crippen LogP contribution is -2.11. The van der Waals surface area contributed by atoms with Crippen molar-refractivity contribution in [3.63, 3.8) is 0 Å². The van der Waals surface area contributed by atoms with Crippen molar-refractivity contribution in [1.82, 2.24) is 4.57 Å². The Labute approximate surface area is 318 Å². The molecular formula is C52H34N2O. The lowest BCUT2D eigenvalue weighted by atomic mass is 9.96. The van der Waals surface area contributed by atoms with Gasteiger partial charge in [-0.25, -0.2) is 0 Å². The molecule has 0 aliphatic rings. The molecule has 0 bridgehead atoms. The lowest BCUT2D eigenvalue weighted by Gasteiger charge is -2.27. The second-order valence-electron chi connectivity index (χ2n) is 14.1. The Kier molecular flexibility index (Phi) is 7.17. The molecule has 11 rings (SSSR count). The SMILES string of the molecule is c1ccc(-c2ccc(N(c3ccc(-c4cccc5cc6c(cc45)oc4ccccc46)cc3)c3cccc4c5ccccc5n(-c5ccccc5)c34)cc2)cc1. The fraction of sp³-hybridized carbons (Fsp3) is 0. The van der Waals surface area contributed by atoms with Gasteiger partial charge in [0.15, 0.2) is 0 Å². The molecular weight excluding hydrogens is 669 g/mol. The van der Waals surface area contributed by atoms with Crippen molar-refractivity contribution in [3.8, 4) is 27.9 Å². The normalized spacial score (nSPS) is 11.6. The number of hydrogen-bond donors (Lipinski definition) is 0. The zero-order chi connectivity index (χ0) is 36.3. The summed E-state index contributed by atoms with van der Waals surface area (Å²) in [6, 6.07) is 74.0. The van der Waals surface area contributed by atoms with Crippen LogP contribution in [0.25, 0.3) is 82.5 Å². The van der Waals surface area contributed by atoms with Crippen LogP contribution in [0.5, 0.6) is 0 Å². The summed E-state index contributed by atoms with van der Waals surface area (Å²) in [6.45, 7) is 0. The van der Waals surface area contributed by atoms with Gasteiger partial charge in [-0.15, -0.1) is 0 Å². The summed E-state index contributed by atoms with van der Waals surface area (Å²) in [7, 11) is 0. The molecule has 2 heterocycles. The molecule has 0 unspecified atom stereocenters. The molecule has 0 saturated carbocycles. The first-order chi connectivity index (χ1) is 27.3. The van der Waals surface area contributed by atoms with Crippen molar-refractivity contribution < 1.29 is 4.42 Å². The quantitative estimate of drug-likeness (QED) is 0.172. The van der Waals surface area contributed by atoms with E-state index in [9.17, 15) is 0 Å². The highest BCUT2D eigenvalue weighted by molar-refractivity contribution is 6.15. The number of aromatic nitrogens is 1. The fourth-order valence-electron chi connectivity index (χ4n) is 8.43. The molecule has 0 aliphatic carbocycles. The third kappa shape index (κ3) is 5.13. The molecule has 55 heavy (non-hydrogen) atoms. The molecule has 0 amide bonds. The van der Waals surface area contributed by atoms with E-state index in [0.717, 1.165) is 55.8 Å². The van der Waals surface area contributed by atoms with Gasteiger partial charge in [0.2, 0.25) is 0 Å². The molecule has 9 aromatic carbocycles. The van der Waals surface area contributed by atoms with Crippen LogP contribution in [-0.2, 0) is 0 Å². The molecule has 0 radical (unpaired) electrons. The summed E-state index contributed by atoms with van der Waals surface area (Å²) in [5.41, 5.74) is 13.3. The zero-order valence-corrected chi connectivity index (χ0v) is 29.9. The van der Waals surface area contributed by atoms with Crippen molar-refractivity contribution in [2.45, 2.75) is 0 Å². The molecule has 258 valence electrons. The van der Waals surface area contributed by atoms with Crippen molar-refractivity contribution in [2.24, 2.45) is 0 Å². The molecule has 11 aromatic rings. The Morgan fingerprint density at radius 1 is 0.382 bits per heavy atom. The number of nitrogens with zero attached hydrogens (tertiary/aromatic N) is 2. The Bertz CT molecular complexity index is 3180. The number of benzene rings is 9. The summed E-state index contributed by atoms with van der Waals surface area (Å²) < 4.78 is 8.74. The molecule has 3 nitrogen and oxygen atoms in total. The van der Waals surface area contributed by atoms with E-state index in [-0.39, 0.29) is 0 Å². The molecule has 0 N–H and O–H groups in total. The maximum absolute atomic E-state index is 6.33. The predicted octanol–water partition coefficient (Wildman–Crippen LogP) is 14.6. The van der Waals surface area contributed by atoms with E-state index in [0.29, 0.717) is 0 Å². The van der Waals surface area contributed by atoms with E-state index in [1.54, 1.807) is 0 Å². The third-order valence-corrected chi connectivity index (χ3v) is 11.0. The second kappa shape index (κ2) is 12.6. The van der Waals surface area contributed by atoms with Gasteiger partial charge < -0.3 is 13.9 Å². The van der Waals surface area contributed by atoms with Gasteiger partial charge in [-0.3, -0.25) is 0 Å². The van der Waals surface area contributed by atoms with Crippen LogP contribution in [0, 0.1) is 0 Å². The van der Waals surface area contributed by atoms with Crippen LogP contribution in [0.4, 0.5) is 17.1 Å². The first-order valence-corrected chi connectivity index (χ1v) is 18.8. The lowest BCUT2D eigenvalue weighted by molar-refractivity contribution is 0.669. The monoisotopic (exact) mass is 702 g/mol. The minimum absolute atomic E-state index is 0.907. The maximum atomic E-state index is 6.33. The van der Waals surface area contributed by atoms with Crippen molar-refractivity contribution in [1.29, 1.82) is 0 Å². The van der Waals surface area contributed by atoms with Crippen LogP contribution in [0.3, 0.4) is 0 Å². The molecule has 0 aliphatic heterocycles. The van der Waals surface area contributed by atoms with Gasteiger partial charge in [0.05, 0.1) is 16.7 Å². The van der Waals surface area contributed by atoms with Gasteiger partial charge in [0.1, 0.15) is 11.2 Å². The number of hydrogen-bond acceptors (Lipinski definition) is 2. The number of furan rings is 1. The third-order valence-electron chi connectivity index (χ3n) is 11.0. The van der Waals surface area contributed by atoms with E-state index in [1.807, 2.05) is 12.1 Å². The first-order valence-electron chi connectivity index (χ1n) is 18.8. The molecule has 0 atom stereocenters. The van der Waals surface area contributed by atoms with E-state index >= 15 is 0 Å². The standard InChI is InChI=1S/C52H34N2O/c1-3-13-35(14-4-1)36-25-29-40(30-26-36)53(49-23-12-21-45-43-18-7-9-22-48(43)54(52(45)49)39-16-5-2-6-17-39)41-31-27-37(28-32-41)42-20-11-15-38-33-47-44-19-8-10-24-50(44)55-51(47)34-46(38)42/h1-34H. The van der Waals surface area contributed by atoms with Crippen molar-refractivity contribution in [3.05, 3.63) is 206 Å². The number of anilines is 3. The molecule has 0 saturated heterocycles. The average molecular weight is 703 g/mol. The minimum atomic E-state index is 0.907. The Morgan fingerprint density at radius 3 is 1.78 bits per heavy atom. The van der Waals surface area contributed by atoms with Crippen LogP contribution < -0.4 is 4.90 Å². The Balaban J connectivity index is 1.10. The highest BCUT2D eigenvalue weighted by atomic mass is 16.3. The summed E-state index contributed by atoms with van der Waals surface area (Å²) in [6.07, 6.45) is 0. The Hall–Kier alpha value is -7.36. The summed E-state index contributed by atoms with van der Waals surface area (Å²) in [4.78, 5) is 2.40. The number of fused-ring (bicyclic) bond motifs is 7. The molecule has 0 fully saturated rings. The number of para-hydroxylation sites is 4. The van der Waals surface area contributed by atoms with E-state index in [1.165, 1.54) is 43.8 Å². The van der Waals surface area contributed by atoms with Crippen LogP contribution in [0.2, 0.25) is 0 Å². The second-order valence-corrected chi connectivity index (χ2v) is 14.1. The maximum Gasteiger partial charge on any atom is 0.136 e. The molecule has 2 aromatic heterocycles. The fourth-order valence-corrected chi connectivity index (χ4v) is 8.43. The van der Waals surface area contributed by atoms with Gasteiger partial charge in [0.25, 0.3) is 0 Å². The largest absolute Gasteiger partial charge is 0.456 e. The van der Waals surface area contributed by atoms with Gasteiger partial charge >= 0.3 is 0 Å². The van der Waals surface area contributed by atoms with Gasteiger partial charge in [-0.2, -0.15) is 0 Å².